The molecule has 58 heavy (non-hydrogen) atoms. The molecule has 0 unspecified atom stereocenters. The molecular formula is C57H37N. The van der Waals surface area contributed by atoms with E-state index in [1.165, 1.54) is 88.3 Å². The molecule has 0 bridgehead atoms. The predicted octanol–water partition coefficient (Wildman–Crippen LogP) is 15.1. The van der Waals surface area contributed by atoms with E-state index >= 15 is 0 Å². The van der Waals surface area contributed by atoms with Crippen LogP contribution in [0, 0.1) is 0 Å². The lowest BCUT2D eigenvalue weighted by Gasteiger charge is -2.30. The molecule has 1 heteroatoms. The molecular weight excluding hydrogens is 699 g/mol. The second-order valence-corrected chi connectivity index (χ2v) is 15.6. The van der Waals surface area contributed by atoms with Crippen molar-refractivity contribution in [1.82, 2.24) is 0 Å². The van der Waals surface area contributed by atoms with Crippen molar-refractivity contribution in [3.63, 3.8) is 0 Å². The van der Waals surface area contributed by atoms with Crippen LogP contribution < -0.4 is 4.90 Å². The summed E-state index contributed by atoms with van der Waals surface area (Å²) >= 11 is 0. The highest BCUT2D eigenvalue weighted by Crippen LogP contribution is 2.64. The predicted molar refractivity (Wildman–Crippen MR) is 243 cm³/mol. The first-order valence-electron chi connectivity index (χ1n) is 20.2. The van der Waals surface area contributed by atoms with Gasteiger partial charge in [0.1, 0.15) is 0 Å². The summed E-state index contributed by atoms with van der Waals surface area (Å²) in [6.07, 6.45) is 0. The molecule has 0 saturated carbocycles. The minimum Gasteiger partial charge on any atom is -0.310 e. The fourth-order valence-electron chi connectivity index (χ4n) is 10.2. The highest BCUT2D eigenvalue weighted by atomic mass is 15.1. The minimum atomic E-state index is -0.374. The molecule has 0 N–H and O–H groups in total. The molecule has 1 spiro atoms. The van der Waals surface area contributed by atoms with Crippen LogP contribution in [-0.4, -0.2) is 0 Å². The number of anilines is 3. The van der Waals surface area contributed by atoms with Gasteiger partial charge in [-0.05, 0) is 125 Å². The average molecular weight is 736 g/mol. The van der Waals surface area contributed by atoms with Gasteiger partial charge in [-0.15, -0.1) is 0 Å². The first-order chi connectivity index (χ1) is 28.8. The van der Waals surface area contributed by atoms with E-state index in [1.807, 2.05) is 0 Å². The van der Waals surface area contributed by atoms with Gasteiger partial charge in [0.05, 0.1) is 5.41 Å². The van der Waals surface area contributed by atoms with Crippen molar-refractivity contribution in [2.45, 2.75) is 5.41 Å². The molecule has 0 heterocycles. The quantitative estimate of drug-likeness (QED) is 0.170. The van der Waals surface area contributed by atoms with Gasteiger partial charge in [-0.2, -0.15) is 0 Å². The van der Waals surface area contributed by atoms with E-state index in [2.05, 4.69) is 229 Å². The molecule has 10 aromatic carbocycles. The van der Waals surface area contributed by atoms with Gasteiger partial charge in [0.25, 0.3) is 0 Å². The maximum Gasteiger partial charge on any atom is 0.0725 e. The molecule has 270 valence electrons. The Morgan fingerprint density at radius 2 is 0.672 bits per heavy atom. The SMILES string of the molecule is c1ccc(-c2cccc3c2-c2ccccc2C32c3ccccc3-c3ccccc32)c(-c2ccc(N(c3ccc4ccccc4c3)c3ccc4ccccc4c3)cc2)c1. The van der Waals surface area contributed by atoms with Crippen LogP contribution in [0.15, 0.2) is 224 Å². The van der Waals surface area contributed by atoms with Crippen molar-refractivity contribution >= 4 is 38.6 Å². The molecule has 0 amide bonds. The molecule has 0 atom stereocenters. The van der Waals surface area contributed by atoms with E-state index in [0.29, 0.717) is 0 Å². The standard InChI is InChI=1S/C57H37N/c1-3-16-41-36-44(34-28-38(41)14-1)58(45-35-29-39-15-2-4-17-42(39)37-45)43-32-30-40(31-33-43)46-18-5-6-19-47(46)50-23-13-27-55-56(50)51-22-9-12-26-54(51)57(55)52-24-10-7-20-48(52)49-21-8-11-25-53(49)57/h1-37H. The highest BCUT2D eigenvalue weighted by Gasteiger charge is 2.52. The van der Waals surface area contributed by atoms with Gasteiger partial charge in [-0.1, -0.05) is 188 Å². The van der Waals surface area contributed by atoms with E-state index < -0.39 is 0 Å². The molecule has 0 radical (unpaired) electrons. The van der Waals surface area contributed by atoms with Crippen molar-refractivity contribution in [3.8, 4) is 44.5 Å². The summed E-state index contributed by atoms with van der Waals surface area (Å²) in [7, 11) is 0. The van der Waals surface area contributed by atoms with Gasteiger partial charge in [-0.3, -0.25) is 0 Å². The van der Waals surface area contributed by atoms with Crippen molar-refractivity contribution in [2.75, 3.05) is 4.90 Å². The summed E-state index contributed by atoms with van der Waals surface area (Å²) in [6.45, 7) is 0. The largest absolute Gasteiger partial charge is 0.310 e. The molecule has 0 saturated heterocycles. The Kier molecular flexibility index (Phi) is 7.21. The Morgan fingerprint density at radius 1 is 0.259 bits per heavy atom. The number of hydrogen-bond donors (Lipinski definition) is 0. The molecule has 2 aliphatic carbocycles. The fraction of sp³-hybridized carbons (Fsp3) is 0.0175. The molecule has 1 nitrogen and oxygen atoms in total. The van der Waals surface area contributed by atoms with E-state index in [-0.39, 0.29) is 5.41 Å². The minimum absolute atomic E-state index is 0.374. The maximum atomic E-state index is 2.38. The van der Waals surface area contributed by atoms with E-state index in [0.717, 1.165) is 17.1 Å². The molecule has 0 aliphatic heterocycles. The van der Waals surface area contributed by atoms with Crippen molar-refractivity contribution in [1.29, 1.82) is 0 Å². The Morgan fingerprint density at radius 3 is 1.26 bits per heavy atom. The topological polar surface area (TPSA) is 3.24 Å². The van der Waals surface area contributed by atoms with Crippen LogP contribution >= 0.6 is 0 Å². The smallest absolute Gasteiger partial charge is 0.0725 e. The average Bonchev–Trinajstić information content (AvgIpc) is 3.77. The third kappa shape index (κ3) is 4.71. The van der Waals surface area contributed by atoms with Gasteiger partial charge < -0.3 is 4.90 Å². The van der Waals surface area contributed by atoms with Crippen LogP contribution in [0.1, 0.15) is 22.3 Å². The van der Waals surface area contributed by atoms with Crippen LogP contribution in [0.25, 0.3) is 66.1 Å². The molecule has 10 aromatic rings. The van der Waals surface area contributed by atoms with E-state index in [1.54, 1.807) is 0 Å². The van der Waals surface area contributed by atoms with Crippen LogP contribution in [0.2, 0.25) is 0 Å². The van der Waals surface area contributed by atoms with Gasteiger partial charge in [0, 0.05) is 17.1 Å². The number of benzene rings is 10. The van der Waals surface area contributed by atoms with Gasteiger partial charge >= 0.3 is 0 Å². The van der Waals surface area contributed by atoms with Gasteiger partial charge in [-0.25, -0.2) is 0 Å². The summed E-state index contributed by atoms with van der Waals surface area (Å²) in [6, 6.07) is 83.0. The first kappa shape index (κ1) is 32.7. The van der Waals surface area contributed by atoms with Crippen LogP contribution in [0.4, 0.5) is 17.1 Å². The first-order valence-corrected chi connectivity index (χ1v) is 20.2. The Balaban J connectivity index is 1.01. The number of rotatable bonds is 5. The lowest BCUT2D eigenvalue weighted by molar-refractivity contribution is 0.794. The third-order valence-corrected chi connectivity index (χ3v) is 12.7. The number of nitrogens with zero attached hydrogens (tertiary/aromatic N) is 1. The van der Waals surface area contributed by atoms with Crippen molar-refractivity contribution < 1.29 is 0 Å². The maximum absolute atomic E-state index is 2.38. The van der Waals surface area contributed by atoms with E-state index in [9.17, 15) is 0 Å². The zero-order chi connectivity index (χ0) is 38.2. The summed E-state index contributed by atoms with van der Waals surface area (Å²) in [5, 5.41) is 4.91. The fourth-order valence-corrected chi connectivity index (χ4v) is 10.2. The summed E-state index contributed by atoms with van der Waals surface area (Å²) < 4.78 is 0. The van der Waals surface area contributed by atoms with Gasteiger partial charge in [0.2, 0.25) is 0 Å². The zero-order valence-corrected chi connectivity index (χ0v) is 31.8. The molecule has 0 aromatic heterocycles. The lowest BCUT2D eigenvalue weighted by Crippen LogP contribution is -2.25. The van der Waals surface area contributed by atoms with Crippen LogP contribution in [0.5, 0.6) is 0 Å². The lowest BCUT2D eigenvalue weighted by atomic mass is 9.70. The Hall–Kier alpha value is -7.48. The van der Waals surface area contributed by atoms with Crippen LogP contribution in [0.3, 0.4) is 0 Å². The van der Waals surface area contributed by atoms with Gasteiger partial charge in [0.15, 0.2) is 0 Å². The van der Waals surface area contributed by atoms with E-state index in [4.69, 9.17) is 0 Å². The molecule has 0 fully saturated rings. The van der Waals surface area contributed by atoms with Crippen molar-refractivity contribution in [2.24, 2.45) is 0 Å². The second kappa shape index (κ2) is 12.8. The Bertz CT molecular complexity index is 3120. The third-order valence-electron chi connectivity index (χ3n) is 12.7. The van der Waals surface area contributed by atoms with Crippen LogP contribution in [-0.2, 0) is 5.41 Å². The Labute approximate surface area is 338 Å². The normalized spacial score (nSPS) is 13.0. The number of fused-ring (bicyclic) bond motifs is 12. The monoisotopic (exact) mass is 735 g/mol. The molecule has 12 rings (SSSR count). The van der Waals surface area contributed by atoms with Crippen molar-refractivity contribution in [3.05, 3.63) is 247 Å². The molecule has 2 aliphatic rings. The summed E-state index contributed by atoms with van der Waals surface area (Å²) in [5.74, 6) is 0. The zero-order valence-electron chi connectivity index (χ0n) is 31.8. The number of hydrogen-bond acceptors (Lipinski definition) is 1. The highest BCUT2D eigenvalue weighted by molar-refractivity contribution is 6.02. The summed E-state index contributed by atoms with van der Waals surface area (Å²) in [4.78, 5) is 2.38. The second-order valence-electron chi connectivity index (χ2n) is 15.6. The summed E-state index contributed by atoms with van der Waals surface area (Å²) in [5.41, 5.74) is 18.6.